The van der Waals surface area contributed by atoms with Crippen molar-refractivity contribution >= 4 is 7.32 Å². The Bertz CT molecular complexity index is 17.7. The van der Waals surface area contributed by atoms with Crippen molar-refractivity contribution in [3.8, 4) is 0 Å². The molecule has 0 saturated heterocycles. The van der Waals surface area contributed by atoms with E-state index in [9.17, 15) is 0 Å². The Morgan fingerprint density at radius 2 is 1.80 bits per heavy atom. The van der Waals surface area contributed by atoms with Gasteiger partial charge in [0.1, 0.15) is 0 Å². The van der Waals surface area contributed by atoms with Crippen LogP contribution in [0.4, 0.5) is 0 Å². The maximum atomic E-state index is 8.64. The SMILES string of the molecule is [H+].[H-].[Na+].[O-]B(O)O. The molecule has 0 bridgehead atoms. The fourth-order valence-corrected chi connectivity index (χ4v) is 0. The molecule has 2 N–H and O–H groups in total. The Morgan fingerprint density at radius 1 is 1.80 bits per heavy atom. The van der Waals surface area contributed by atoms with Crippen molar-refractivity contribution in [1.29, 1.82) is 0 Å². The Labute approximate surface area is 55.1 Å². The topological polar surface area (TPSA) is 63.5 Å². The summed E-state index contributed by atoms with van der Waals surface area (Å²) in [5, 5.41) is 22.8. The number of rotatable bonds is 0. The molecule has 5 heteroatoms. The van der Waals surface area contributed by atoms with E-state index in [1.807, 2.05) is 0 Å². The van der Waals surface area contributed by atoms with E-state index < -0.39 is 7.32 Å². The summed E-state index contributed by atoms with van der Waals surface area (Å²) in [6, 6.07) is 0. The van der Waals surface area contributed by atoms with Crippen LogP contribution >= 0.6 is 0 Å². The van der Waals surface area contributed by atoms with Gasteiger partial charge in [0, 0.05) is 0 Å². The van der Waals surface area contributed by atoms with E-state index in [0.717, 1.165) is 0 Å². The number of hydrogen-bond donors (Lipinski definition) is 2. The van der Waals surface area contributed by atoms with Crippen LogP contribution < -0.4 is 34.6 Å². The van der Waals surface area contributed by atoms with E-state index in [2.05, 4.69) is 0 Å². The summed E-state index contributed by atoms with van der Waals surface area (Å²) >= 11 is 0. The second-order valence-electron chi connectivity index (χ2n) is 0.326. The van der Waals surface area contributed by atoms with Gasteiger partial charge in [0.05, 0.1) is 0 Å². The molecule has 0 amide bonds. The van der Waals surface area contributed by atoms with Crippen molar-refractivity contribution in [3.05, 3.63) is 0 Å². The fourth-order valence-electron chi connectivity index (χ4n) is 0. The fraction of sp³-hybridized carbons (Fsp3) is 0. The van der Waals surface area contributed by atoms with Crippen molar-refractivity contribution < 1.29 is 47.5 Å². The van der Waals surface area contributed by atoms with Gasteiger partial charge in [-0.2, -0.15) is 0 Å². The summed E-state index contributed by atoms with van der Waals surface area (Å²) in [6.07, 6.45) is 0. The second kappa shape index (κ2) is 4.94. The third kappa shape index (κ3) is 48.0. The summed E-state index contributed by atoms with van der Waals surface area (Å²) < 4.78 is 0. The molecule has 0 atom stereocenters. The molecule has 0 aliphatic heterocycles. The summed E-state index contributed by atoms with van der Waals surface area (Å²) in [4.78, 5) is 0. The Balaban J connectivity index is -0.0000000150. The van der Waals surface area contributed by atoms with E-state index in [0.29, 0.717) is 0 Å². The van der Waals surface area contributed by atoms with Gasteiger partial charge in [0.2, 0.25) is 0 Å². The summed E-state index contributed by atoms with van der Waals surface area (Å²) in [5.74, 6) is 0. The largest absolute Gasteiger partial charge is 1.00 e. The smallest absolute Gasteiger partial charge is 1.00 e. The van der Waals surface area contributed by atoms with E-state index in [-0.39, 0.29) is 32.4 Å². The van der Waals surface area contributed by atoms with Gasteiger partial charge < -0.3 is 16.5 Å². The van der Waals surface area contributed by atoms with Gasteiger partial charge in [-0.1, -0.05) is 0 Å². The van der Waals surface area contributed by atoms with Crippen LogP contribution in [0.25, 0.3) is 0 Å². The minimum atomic E-state index is -2.42. The van der Waals surface area contributed by atoms with Crippen LogP contribution in [0.5, 0.6) is 0 Å². The quantitative estimate of drug-likeness (QED) is 0.289. The molecular formula is H4BNaO3. The molecule has 0 fully saturated rings. The van der Waals surface area contributed by atoms with E-state index in [1.54, 1.807) is 0 Å². The molecule has 0 rings (SSSR count). The van der Waals surface area contributed by atoms with Crippen molar-refractivity contribution in [3.63, 3.8) is 0 Å². The zero-order chi connectivity index (χ0) is 3.58. The molecule has 0 spiro atoms. The molecule has 0 saturated carbocycles. The van der Waals surface area contributed by atoms with E-state index >= 15 is 0 Å². The van der Waals surface area contributed by atoms with Crippen LogP contribution in [0.2, 0.25) is 0 Å². The van der Waals surface area contributed by atoms with E-state index in [4.69, 9.17) is 15.1 Å². The third-order valence-electron chi connectivity index (χ3n) is 0. The Hall–Kier alpha value is 0.945. The molecule has 0 aliphatic rings. The van der Waals surface area contributed by atoms with Crippen molar-refractivity contribution in [1.82, 2.24) is 0 Å². The van der Waals surface area contributed by atoms with Gasteiger partial charge in [0.25, 0.3) is 0 Å². The van der Waals surface area contributed by atoms with Gasteiger partial charge in [-0.3, -0.25) is 0 Å². The monoisotopic (exact) mass is 86.0 g/mol. The molecule has 0 unspecified atom stereocenters. The Morgan fingerprint density at radius 3 is 1.80 bits per heavy atom. The Kier molecular flexibility index (Phi) is 9.24. The molecule has 3 nitrogen and oxygen atoms in total. The number of hydrogen-bond acceptors (Lipinski definition) is 3. The molecule has 0 radical (unpaired) electrons. The first-order chi connectivity index (χ1) is 1.73. The molecule has 5 heavy (non-hydrogen) atoms. The maximum absolute atomic E-state index is 8.64. The predicted octanol–water partition coefficient (Wildman–Crippen LogP) is -5.45. The average Bonchev–Trinajstić information content (AvgIpc) is 0.811. The summed E-state index contributed by atoms with van der Waals surface area (Å²) in [6.45, 7) is 0. The minimum absolute atomic E-state index is 0. The van der Waals surface area contributed by atoms with Gasteiger partial charge in [0.15, 0.2) is 0 Å². The molecule has 26 valence electrons. The van der Waals surface area contributed by atoms with E-state index in [1.165, 1.54) is 0 Å². The molecule has 0 aliphatic carbocycles. The summed E-state index contributed by atoms with van der Waals surface area (Å²) in [7, 11) is -2.42. The van der Waals surface area contributed by atoms with Crippen LogP contribution in [-0.2, 0) is 0 Å². The van der Waals surface area contributed by atoms with Crippen molar-refractivity contribution in [2.45, 2.75) is 0 Å². The van der Waals surface area contributed by atoms with Gasteiger partial charge in [-0.25, -0.2) is 0 Å². The standard InChI is InChI=1S/BH2O3.Na.H/c2-1(3)4;;/h2-3H;;/q-1;+1;-1/p+1. The first-order valence-electron chi connectivity index (χ1n) is 0.752. The van der Waals surface area contributed by atoms with Crippen molar-refractivity contribution in [2.75, 3.05) is 0 Å². The zero-order valence-corrected chi connectivity index (χ0v) is 4.88. The first-order valence-corrected chi connectivity index (χ1v) is 0.752. The molecule has 0 aromatic heterocycles. The van der Waals surface area contributed by atoms with Gasteiger partial charge in [-0.15, -0.1) is 0 Å². The minimum Gasteiger partial charge on any atom is -1.00 e. The molecular weight excluding hydrogens is 81.8 g/mol. The molecule has 0 heterocycles. The van der Waals surface area contributed by atoms with Gasteiger partial charge in [-0.05, 0) is 0 Å². The van der Waals surface area contributed by atoms with Crippen LogP contribution in [0.3, 0.4) is 0 Å². The molecule has 0 aromatic carbocycles. The van der Waals surface area contributed by atoms with Crippen LogP contribution in [0, 0.1) is 0 Å². The van der Waals surface area contributed by atoms with Crippen molar-refractivity contribution in [2.24, 2.45) is 0 Å². The summed E-state index contributed by atoms with van der Waals surface area (Å²) in [5.41, 5.74) is 0. The maximum Gasteiger partial charge on any atom is 1.00 e. The zero-order valence-electron chi connectivity index (χ0n) is 4.88. The molecule has 0 aromatic rings. The average molecular weight is 85.8 g/mol. The normalized spacial score (nSPS) is 5.40. The first kappa shape index (κ1) is 9.34. The van der Waals surface area contributed by atoms with Crippen LogP contribution in [0.1, 0.15) is 2.85 Å². The second-order valence-corrected chi connectivity index (χ2v) is 0.326. The third-order valence-corrected chi connectivity index (χ3v) is 0. The van der Waals surface area contributed by atoms with Crippen LogP contribution in [0.15, 0.2) is 0 Å². The van der Waals surface area contributed by atoms with Crippen LogP contribution in [-0.4, -0.2) is 17.4 Å². The van der Waals surface area contributed by atoms with Gasteiger partial charge >= 0.3 is 38.3 Å². The predicted molar refractivity (Wildman–Crippen MR) is 12.4 cm³/mol.